The van der Waals surface area contributed by atoms with E-state index in [9.17, 15) is 9.90 Å². The zero-order valence-electron chi connectivity index (χ0n) is 24.3. The largest absolute Gasteiger partial charge is 0.396 e. The molecule has 0 spiro atoms. The predicted molar refractivity (Wildman–Crippen MR) is 159 cm³/mol. The zero-order chi connectivity index (χ0) is 28.7. The second kappa shape index (κ2) is 11.3. The fourth-order valence-electron chi connectivity index (χ4n) is 5.74. The van der Waals surface area contributed by atoms with E-state index in [1.165, 1.54) is 0 Å². The topological polar surface area (TPSA) is 118 Å². The van der Waals surface area contributed by atoms with E-state index in [0.717, 1.165) is 26.5 Å². The van der Waals surface area contributed by atoms with Crippen molar-refractivity contribution in [2.24, 2.45) is 11.3 Å². The number of hydrogen-bond acceptors (Lipinski definition) is 10. The standard InChI is InChI=1S/C30H41N5O4S/c1-17-23(27-34-20-11-7-8-12-22(20)40-27)26(33-21-14-18(16-36)24-25(21)39-30(5,6)38-24)35-28(32-17)31-13-9-10-19(37)15-29(2,3)4/h7-8,11-12,18,21,24-25,36H,9-10,13-16H2,1-6H3,(H2,31,32,33,35)/t18-,21-,24-,25+/m1/s1. The number of Topliss-reactive ketones (excluding diaryl/α,β-unsaturated/α-hetero) is 1. The van der Waals surface area contributed by atoms with Gasteiger partial charge >= 0.3 is 0 Å². The van der Waals surface area contributed by atoms with Gasteiger partial charge in [0.25, 0.3) is 0 Å². The van der Waals surface area contributed by atoms with Gasteiger partial charge in [-0.2, -0.15) is 4.98 Å². The van der Waals surface area contributed by atoms with Gasteiger partial charge in [-0.1, -0.05) is 32.9 Å². The Balaban J connectivity index is 1.40. The number of benzene rings is 1. The van der Waals surface area contributed by atoms with E-state index in [1.54, 1.807) is 11.3 Å². The molecule has 1 saturated heterocycles. The number of carbonyl (C=O) groups excluding carboxylic acids is 1. The van der Waals surface area contributed by atoms with Crippen molar-refractivity contribution in [1.29, 1.82) is 0 Å². The van der Waals surface area contributed by atoms with Gasteiger partial charge < -0.3 is 25.2 Å². The van der Waals surface area contributed by atoms with E-state index in [-0.39, 0.29) is 42.0 Å². The second-order valence-electron chi connectivity index (χ2n) is 12.6. The molecule has 5 rings (SSSR count). The number of aryl methyl sites for hydroxylation is 1. The van der Waals surface area contributed by atoms with Crippen LogP contribution in [0, 0.1) is 18.3 Å². The molecule has 216 valence electrons. The van der Waals surface area contributed by atoms with Crippen LogP contribution in [-0.4, -0.2) is 63.0 Å². The number of ketones is 1. The Morgan fingerprint density at radius 3 is 2.62 bits per heavy atom. The first-order valence-electron chi connectivity index (χ1n) is 14.2. The average Bonchev–Trinajstić information content (AvgIpc) is 3.51. The summed E-state index contributed by atoms with van der Waals surface area (Å²) in [5.74, 6) is 0.716. The lowest BCUT2D eigenvalue weighted by atomic mass is 9.89. The van der Waals surface area contributed by atoms with Gasteiger partial charge in [-0.25, -0.2) is 9.97 Å². The summed E-state index contributed by atoms with van der Waals surface area (Å²) in [6, 6.07) is 7.97. The molecule has 10 heteroatoms. The summed E-state index contributed by atoms with van der Waals surface area (Å²) in [5.41, 5.74) is 2.60. The highest BCUT2D eigenvalue weighted by atomic mass is 32.1. The van der Waals surface area contributed by atoms with Crippen LogP contribution in [0.5, 0.6) is 0 Å². The van der Waals surface area contributed by atoms with Gasteiger partial charge in [0.05, 0.1) is 33.6 Å². The van der Waals surface area contributed by atoms with Gasteiger partial charge in [-0.3, -0.25) is 4.79 Å². The average molecular weight is 568 g/mol. The van der Waals surface area contributed by atoms with Gasteiger partial charge in [0.2, 0.25) is 5.95 Å². The number of para-hydroxylation sites is 1. The van der Waals surface area contributed by atoms with E-state index in [4.69, 9.17) is 24.4 Å². The normalized spacial score (nSPS) is 23.9. The van der Waals surface area contributed by atoms with Gasteiger partial charge in [0.15, 0.2) is 5.79 Å². The minimum absolute atomic E-state index is 0.000661. The number of nitrogens with one attached hydrogen (secondary N) is 2. The molecule has 1 aliphatic carbocycles. The Morgan fingerprint density at radius 1 is 1.15 bits per heavy atom. The van der Waals surface area contributed by atoms with Crippen LogP contribution in [0.3, 0.4) is 0 Å². The van der Waals surface area contributed by atoms with Gasteiger partial charge in [-0.05, 0) is 51.2 Å². The van der Waals surface area contributed by atoms with Crippen LogP contribution in [-0.2, 0) is 14.3 Å². The lowest BCUT2D eigenvalue weighted by Crippen LogP contribution is -2.35. The van der Waals surface area contributed by atoms with Crippen LogP contribution in [0.15, 0.2) is 24.3 Å². The summed E-state index contributed by atoms with van der Waals surface area (Å²) >= 11 is 1.61. The van der Waals surface area contributed by atoms with Crippen LogP contribution in [0.4, 0.5) is 11.8 Å². The molecule has 9 nitrogen and oxygen atoms in total. The molecule has 0 unspecified atom stereocenters. The fraction of sp³-hybridized carbons (Fsp3) is 0.600. The van der Waals surface area contributed by atoms with Crippen LogP contribution < -0.4 is 10.6 Å². The highest BCUT2D eigenvalue weighted by Crippen LogP contribution is 2.44. The first-order valence-corrected chi connectivity index (χ1v) is 15.0. The van der Waals surface area contributed by atoms with Crippen molar-refractivity contribution in [3.05, 3.63) is 30.0 Å². The summed E-state index contributed by atoms with van der Waals surface area (Å²) in [4.78, 5) is 26.9. The fourth-order valence-corrected chi connectivity index (χ4v) is 6.80. The Labute approximate surface area is 240 Å². The van der Waals surface area contributed by atoms with Gasteiger partial charge in [0.1, 0.15) is 22.7 Å². The minimum atomic E-state index is -0.711. The predicted octanol–water partition coefficient (Wildman–Crippen LogP) is 5.57. The number of anilines is 2. The third-order valence-electron chi connectivity index (χ3n) is 7.38. The number of rotatable bonds is 10. The van der Waals surface area contributed by atoms with E-state index in [1.807, 2.05) is 39.0 Å². The highest BCUT2D eigenvalue weighted by molar-refractivity contribution is 7.21. The van der Waals surface area contributed by atoms with Crippen molar-refractivity contribution in [3.63, 3.8) is 0 Å². The van der Waals surface area contributed by atoms with E-state index in [2.05, 4.69) is 37.5 Å². The Bertz CT molecular complexity index is 1330. The van der Waals surface area contributed by atoms with E-state index >= 15 is 0 Å². The maximum atomic E-state index is 12.3. The second-order valence-corrected chi connectivity index (χ2v) is 13.7. The third-order valence-corrected chi connectivity index (χ3v) is 8.43. The molecule has 2 aromatic heterocycles. The van der Waals surface area contributed by atoms with Crippen LogP contribution in [0.1, 0.15) is 66.0 Å². The lowest BCUT2D eigenvalue weighted by Gasteiger charge is -2.25. The molecule has 1 saturated carbocycles. The summed E-state index contributed by atoms with van der Waals surface area (Å²) in [7, 11) is 0. The van der Waals surface area contributed by atoms with Crippen molar-refractivity contribution in [3.8, 4) is 10.6 Å². The summed E-state index contributed by atoms with van der Waals surface area (Å²) < 4.78 is 13.5. The number of aliphatic hydroxyl groups is 1. The van der Waals surface area contributed by atoms with E-state index in [0.29, 0.717) is 44.0 Å². The Kier molecular flexibility index (Phi) is 8.16. The number of aliphatic hydroxyl groups excluding tert-OH is 1. The number of hydrogen-bond donors (Lipinski definition) is 3. The number of ether oxygens (including phenoxy) is 2. The Morgan fingerprint density at radius 2 is 1.90 bits per heavy atom. The lowest BCUT2D eigenvalue weighted by molar-refractivity contribution is -0.158. The van der Waals surface area contributed by atoms with Crippen LogP contribution in [0.2, 0.25) is 0 Å². The molecule has 3 heterocycles. The molecule has 1 aromatic carbocycles. The SMILES string of the molecule is Cc1nc(NCCCC(=O)CC(C)(C)C)nc(N[C@@H]2C[C@H](CO)[C@H]3OC(C)(C)O[C@H]32)c1-c1nc2ccccc2s1. The van der Waals surface area contributed by atoms with Gasteiger partial charge in [-0.15, -0.1) is 11.3 Å². The minimum Gasteiger partial charge on any atom is -0.396 e. The quantitative estimate of drug-likeness (QED) is 0.270. The molecule has 1 aliphatic heterocycles. The molecule has 40 heavy (non-hydrogen) atoms. The van der Waals surface area contributed by atoms with Gasteiger partial charge in [0, 0.05) is 31.9 Å². The van der Waals surface area contributed by atoms with Crippen molar-refractivity contribution < 1.29 is 19.4 Å². The molecular weight excluding hydrogens is 526 g/mol. The van der Waals surface area contributed by atoms with Crippen LogP contribution in [0.25, 0.3) is 20.8 Å². The van der Waals surface area contributed by atoms with Crippen molar-refractivity contribution in [2.75, 3.05) is 23.8 Å². The molecule has 3 N–H and O–H groups in total. The number of nitrogens with zero attached hydrogens (tertiary/aromatic N) is 3. The monoisotopic (exact) mass is 567 g/mol. The maximum Gasteiger partial charge on any atom is 0.224 e. The zero-order valence-corrected chi connectivity index (χ0v) is 25.1. The molecule has 2 fully saturated rings. The third kappa shape index (κ3) is 6.46. The van der Waals surface area contributed by atoms with Crippen molar-refractivity contribution >= 4 is 39.1 Å². The summed E-state index contributed by atoms with van der Waals surface area (Å²) in [6.45, 7) is 12.7. The smallest absolute Gasteiger partial charge is 0.224 e. The van der Waals surface area contributed by atoms with Crippen LogP contribution >= 0.6 is 11.3 Å². The highest BCUT2D eigenvalue weighted by Gasteiger charge is 2.54. The molecule has 0 radical (unpaired) electrons. The summed E-state index contributed by atoms with van der Waals surface area (Å²) in [5, 5.41) is 17.9. The molecule has 3 aromatic rings. The van der Waals surface area contributed by atoms with E-state index < -0.39 is 5.79 Å². The first kappa shape index (κ1) is 28.9. The number of thiazole rings is 1. The molecule has 0 bridgehead atoms. The number of aromatic nitrogens is 3. The Hall–Kier alpha value is -2.66. The molecule has 0 amide bonds. The molecule has 2 aliphatic rings. The van der Waals surface area contributed by atoms with Crippen molar-refractivity contribution in [2.45, 2.75) is 91.3 Å². The summed E-state index contributed by atoms with van der Waals surface area (Å²) in [6.07, 6.45) is 2.12. The first-order chi connectivity index (χ1) is 18.9. The molecule has 4 atom stereocenters. The number of fused-ring (bicyclic) bond motifs is 2. The number of carbonyl (C=O) groups is 1. The maximum absolute atomic E-state index is 12.3. The van der Waals surface area contributed by atoms with Crippen molar-refractivity contribution in [1.82, 2.24) is 15.0 Å². The molecular formula is C30H41N5O4S.